The number of piperazine rings is 1. The van der Waals surface area contributed by atoms with Gasteiger partial charge >= 0.3 is 0 Å². The summed E-state index contributed by atoms with van der Waals surface area (Å²) in [6, 6.07) is 30.4. The molecule has 0 amide bonds. The molecule has 5 rings (SSSR count). The Bertz CT molecular complexity index is 1230. The van der Waals surface area contributed by atoms with Crippen LogP contribution in [0.25, 0.3) is 0 Å². The highest BCUT2D eigenvalue weighted by atomic mass is 32.2. The van der Waals surface area contributed by atoms with Gasteiger partial charge in [0.25, 0.3) is 0 Å². The van der Waals surface area contributed by atoms with Gasteiger partial charge in [0.15, 0.2) is 9.84 Å². The summed E-state index contributed by atoms with van der Waals surface area (Å²) in [5.41, 5.74) is 2.66. The lowest BCUT2D eigenvalue weighted by molar-refractivity contribution is 0.114. The van der Waals surface area contributed by atoms with E-state index in [1.54, 1.807) is 12.1 Å². The molecule has 208 valence electrons. The van der Waals surface area contributed by atoms with E-state index in [4.69, 9.17) is 0 Å². The predicted octanol–water partition coefficient (Wildman–Crippen LogP) is 5.56. The normalized spacial score (nSPS) is 20.6. The topological polar surface area (TPSA) is 52.7 Å². The van der Waals surface area contributed by atoms with Crippen molar-refractivity contribution in [3.8, 4) is 0 Å². The summed E-state index contributed by atoms with van der Waals surface area (Å²) >= 11 is 0. The number of sulfone groups is 1. The molecule has 2 unspecified atom stereocenters. The molecule has 3 aromatic rings. The third-order valence-electron chi connectivity index (χ3n) is 8.60. The summed E-state index contributed by atoms with van der Waals surface area (Å²) in [4.78, 5) is 5.27. The molecule has 2 aliphatic heterocycles. The summed E-state index contributed by atoms with van der Waals surface area (Å²) in [7, 11) is -3.49. The first-order valence-electron chi connectivity index (χ1n) is 14.7. The Hall–Kier alpha value is -2.51. The van der Waals surface area contributed by atoms with Crippen molar-refractivity contribution in [3.05, 3.63) is 102 Å². The molecule has 5 nitrogen and oxygen atoms in total. The van der Waals surface area contributed by atoms with Gasteiger partial charge in [-0.3, -0.25) is 4.90 Å². The van der Waals surface area contributed by atoms with Crippen molar-refractivity contribution in [1.29, 1.82) is 0 Å². The van der Waals surface area contributed by atoms with E-state index in [1.165, 1.54) is 43.2 Å². The Labute approximate surface area is 235 Å². The molecule has 2 fully saturated rings. The van der Waals surface area contributed by atoms with Crippen LogP contribution in [0.5, 0.6) is 0 Å². The first-order valence-corrected chi connectivity index (χ1v) is 16.2. The number of benzene rings is 3. The molecule has 0 saturated carbocycles. The van der Waals surface area contributed by atoms with E-state index < -0.39 is 15.2 Å². The minimum Gasteiger partial charge on any atom is -0.313 e. The van der Waals surface area contributed by atoms with Gasteiger partial charge in [-0.25, -0.2) is 8.42 Å². The SMILES string of the molecule is O=S(=O)(c1ccccc1)C1CNCCN1C(CCN1CCC(CCCc2ccccc2)CC1)c1ccccc1. The van der Waals surface area contributed by atoms with Crippen molar-refractivity contribution < 1.29 is 8.42 Å². The number of nitrogens with one attached hydrogen (secondary N) is 1. The van der Waals surface area contributed by atoms with Crippen LogP contribution in [0.15, 0.2) is 95.9 Å². The summed E-state index contributed by atoms with van der Waals surface area (Å²) in [5.74, 6) is 0.823. The molecule has 0 bridgehead atoms. The van der Waals surface area contributed by atoms with Gasteiger partial charge in [-0.2, -0.15) is 0 Å². The quantitative estimate of drug-likeness (QED) is 0.342. The van der Waals surface area contributed by atoms with E-state index >= 15 is 0 Å². The Morgan fingerprint density at radius 2 is 1.46 bits per heavy atom. The monoisotopic (exact) mass is 545 g/mol. The fraction of sp³-hybridized carbons (Fsp3) is 0.455. The van der Waals surface area contributed by atoms with Crippen LogP contribution in [0, 0.1) is 5.92 Å². The minimum atomic E-state index is -3.49. The van der Waals surface area contributed by atoms with Gasteiger partial charge in [-0.1, -0.05) is 85.3 Å². The zero-order valence-corrected chi connectivity index (χ0v) is 23.8. The molecule has 3 aromatic carbocycles. The molecule has 0 spiro atoms. The van der Waals surface area contributed by atoms with Gasteiger partial charge in [0, 0.05) is 25.7 Å². The van der Waals surface area contributed by atoms with E-state index in [9.17, 15) is 8.42 Å². The van der Waals surface area contributed by atoms with E-state index in [0.29, 0.717) is 11.4 Å². The largest absolute Gasteiger partial charge is 0.313 e. The fourth-order valence-electron chi connectivity index (χ4n) is 6.35. The second kappa shape index (κ2) is 13.7. The van der Waals surface area contributed by atoms with Gasteiger partial charge in [-0.05, 0) is 80.9 Å². The molecule has 0 aromatic heterocycles. The van der Waals surface area contributed by atoms with Gasteiger partial charge in [-0.15, -0.1) is 0 Å². The number of hydrogen-bond donors (Lipinski definition) is 1. The first-order chi connectivity index (χ1) is 19.1. The first kappa shape index (κ1) is 28.0. The van der Waals surface area contributed by atoms with Gasteiger partial charge in [0.1, 0.15) is 5.37 Å². The van der Waals surface area contributed by atoms with Crippen LogP contribution >= 0.6 is 0 Å². The maximum Gasteiger partial charge on any atom is 0.195 e. The fourth-order valence-corrected chi connectivity index (χ4v) is 8.15. The lowest BCUT2D eigenvalue weighted by Gasteiger charge is -2.42. The van der Waals surface area contributed by atoms with Crippen LogP contribution in [0.3, 0.4) is 0 Å². The van der Waals surface area contributed by atoms with Crippen LogP contribution in [-0.2, 0) is 16.3 Å². The van der Waals surface area contributed by atoms with Crippen LogP contribution in [0.1, 0.15) is 49.3 Å². The zero-order chi connectivity index (χ0) is 26.9. The number of likely N-dealkylation sites (tertiary alicyclic amines) is 1. The highest BCUT2D eigenvalue weighted by Crippen LogP contribution is 2.32. The molecule has 6 heteroatoms. The van der Waals surface area contributed by atoms with Crippen LogP contribution < -0.4 is 5.32 Å². The maximum atomic E-state index is 13.8. The standard InChI is InChI=1S/C33H43N3O2S/c37-39(38,31-17-8-3-9-18-31)33-27-34-22-26-36(33)32(30-15-6-2-7-16-30)21-25-35-23-19-29(20-24-35)14-10-13-28-11-4-1-5-12-28/h1-9,11-12,15-18,29,32-34H,10,13-14,19-27H2. The van der Waals surface area contributed by atoms with Gasteiger partial charge in [0.05, 0.1) is 4.90 Å². The summed E-state index contributed by atoms with van der Waals surface area (Å²) in [5, 5.41) is 2.78. The predicted molar refractivity (Wildman–Crippen MR) is 159 cm³/mol. The van der Waals surface area contributed by atoms with Crippen molar-refractivity contribution in [2.45, 2.75) is 54.8 Å². The number of aryl methyl sites for hydroxylation is 1. The van der Waals surface area contributed by atoms with E-state index in [2.05, 4.69) is 69.7 Å². The molecule has 0 radical (unpaired) electrons. The van der Waals surface area contributed by atoms with E-state index in [0.717, 1.165) is 45.1 Å². The molecule has 2 atom stereocenters. The second-order valence-electron chi connectivity index (χ2n) is 11.1. The zero-order valence-electron chi connectivity index (χ0n) is 23.0. The summed E-state index contributed by atoms with van der Waals surface area (Å²) in [6.07, 6.45) is 7.23. The number of hydrogen-bond acceptors (Lipinski definition) is 5. The van der Waals surface area contributed by atoms with Crippen molar-refractivity contribution in [3.63, 3.8) is 0 Å². The van der Waals surface area contributed by atoms with Crippen molar-refractivity contribution in [2.24, 2.45) is 5.92 Å². The van der Waals surface area contributed by atoms with E-state index in [-0.39, 0.29) is 6.04 Å². The molecule has 1 N–H and O–H groups in total. The highest BCUT2D eigenvalue weighted by Gasteiger charge is 2.39. The van der Waals surface area contributed by atoms with Gasteiger partial charge < -0.3 is 10.2 Å². The lowest BCUT2D eigenvalue weighted by atomic mass is 9.90. The van der Waals surface area contributed by atoms with Crippen molar-refractivity contribution in [1.82, 2.24) is 15.1 Å². The second-order valence-corrected chi connectivity index (χ2v) is 13.2. The van der Waals surface area contributed by atoms with Crippen LogP contribution in [0.4, 0.5) is 0 Å². The number of piperidine rings is 1. The molecule has 0 aliphatic carbocycles. The Morgan fingerprint density at radius 3 is 2.15 bits per heavy atom. The molecule has 2 heterocycles. The van der Waals surface area contributed by atoms with Crippen LogP contribution in [0.2, 0.25) is 0 Å². The Kier molecular flexibility index (Phi) is 9.86. The number of nitrogens with zero attached hydrogens (tertiary/aromatic N) is 2. The van der Waals surface area contributed by atoms with Crippen molar-refractivity contribution >= 4 is 9.84 Å². The highest BCUT2D eigenvalue weighted by molar-refractivity contribution is 7.92. The van der Waals surface area contributed by atoms with Crippen molar-refractivity contribution in [2.75, 3.05) is 39.3 Å². The maximum absolute atomic E-state index is 13.8. The lowest BCUT2D eigenvalue weighted by Crippen LogP contribution is -2.56. The van der Waals surface area contributed by atoms with Gasteiger partial charge in [0.2, 0.25) is 0 Å². The molecular weight excluding hydrogens is 502 g/mol. The minimum absolute atomic E-state index is 0.0698. The third-order valence-corrected chi connectivity index (χ3v) is 10.7. The third kappa shape index (κ3) is 7.37. The molecule has 39 heavy (non-hydrogen) atoms. The van der Waals surface area contributed by atoms with E-state index in [1.807, 2.05) is 24.3 Å². The average molecular weight is 546 g/mol. The molecule has 2 saturated heterocycles. The van der Waals surface area contributed by atoms with Crippen LogP contribution in [-0.4, -0.2) is 62.9 Å². The molecule has 2 aliphatic rings. The summed E-state index contributed by atoms with van der Waals surface area (Å²) in [6.45, 7) is 5.27. The summed E-state index contributed by atoms with van der Waals surface area (Å²) < 4.78 is 27.5. The molecular formula is C33H43N3O2S. The number of rotatable bonds is 11. The average Bonchev–Trinajstić information content (AvgIpc) is 3.00. The Balaban J connectivity index is 1.21. The smallest absolute Gasteiger partial charge is 0.195 e. The Morgan fingerprint density at radius 1 is 0.821 bits per heavy atom.